The van der Waals surface area contributed by atoms with Gasteiger partial charge in [0.05, 0.1) is 6.54 Å². The number of halogens is 2. The third-order valence-electron chi connectivity index (χ3n) is 5.87. The molecule has 9 heteroatoms. The fraction of sp³-hybridized carbons (Fsp3) is 0.261. The molecule has 0 fully saturated rings. The first-order chi connectivity index (χ1) is 15.3. The van der Waals surface area contributed by atoms with Gasteiger partial charge in [-0.15, -0.1) is 0 Å². The molecule has 1 aliphatic rings. The van der Waals surface area contributed by atoms with Crippen LogP contribution in [-0.4, -0.2) is 25.2 Å². The predicted octanol–water partition coefficient (Wildman–Crippen LogP) is 3.63. The molecule has 0 radical (unpaired) electrons. The van der Waals surface area contributed by atoms with E-state index in [1.807, 2.05) is 28.8 Å². The van der Waals surface area contributed by atoms with Crippen LogP contribution in [0.2, 0.25) is 0 Å². The van der Waals surface area contributed by atoms with Gasteiger partial charge in [-0.1, -0.05) is 41.1 Å². The average molecular weight is 498 g/mol. The Morgan fingerprint density at radius 2 is 1.81 bits per heavy atom. The van der Waals surface area contributed by atoms with Crippen molar-refractivity contribution in [1.82, 2.24) is 18.7 Å². The molecule has 0 N–H and O–H groups in total. The summed E-state index contributed by atoms with van der Waals surface area (Å²) in [6, 6.07) is 14.1. The number of aromatic nitrogens is 4. The summed E-state index contributed by atoms with van der Waals surface area (Å²) in [5.74, 6) is 0.420. The molecule has 0 aliphatic carbocycles. The van der Waals surface area contributed by atoms with Gasteiger partial charge in [0.25, 0.3) is 5.56 Å². The van der Waals surface area contributed by atoms with E-state index in [0.29, 0.717) is 23.7 Å². The topological polar surface area (TPSA) is 65.1 Å². The molecule has 0 spiro atoms. The first-order valence-electron chi connectivity index (χ1n) is 10.3. The summed E-state index contributed by atoms with van der Waals surface area (Å²) < 4.78 is 19.5. The summed E-state index contributed by atoms with van der Waals surface area (Å²) in [4.78, 5) is 33.3. The van der Waals surface area contributed by atoms with Crippen LogP contribution in [0.3, 0.4) is 0 Å². The second kappa shape index (κ2) is 7.74. The fourth-order valence-corrected chi connectivity index (χ4v) is 4.54. The van der Waals surface area contributed by atoms with Gasteiger partial charge in [0, 0.05) is 35.9 Å². The number of hydrogen-bond acceptors (Lipinski definition) is 4. The summed E-state index contributed by atoms with van der Waals surface area (Å²) in [5.41, 5.74) is 0.935. The third-order valence-corrected chi connectivity index (χ3v) is 6.40. The number of imidazole rings is 1. The van der Waals surface area contributed by atoms with Crippen molar-refractivity contribution in [1.29, 1.82) is 0 Å². The number of aryl methyl sites for hydroxylation is 1. The molecule has 2 aromatic carbocycles. The van der Waals surface area contributed by atoms with Crippen LogP contribution in [0.1, 0.15) is 12.5 Å². The van der Waals surface area contributed by atoms with Gasteiger partial charge in [0.2, 0.25) is 5.95 Å². The zero-order chi connectivity index (χ0) is 22.6. The maximum absolute atomic E-state index is 14.2. The second-order valence-electron chi connectivity index (χ2n) is 8.21. The minimum Gasteiger partial charge on any atom is -0.312 e. The van der Waals surface area contributed by atoms with Crippen molar-refractivity contribution in [2.45, 2.75) is 20.0 Å². The van der Waals surface area contributed by atoms with E-state index in [1.54, 1.807) is 25.2 Å². The minimum absolute atomic E-state index is 0.138. The molecular weight excluding hydrogens is 477 g/mol. The Kier molecular flexibility index (Phi) is 5.00. The average Bonchev–Trinajstić information content (AvgIpc) is 3.16. The van der Waals surface area contributed by atoms with Gasteiger partial charge in [-0.05, 0) is 36.2 Å². The molecule has 3 heterocycles. The monoisotopic (exact) mass is 497 g/mol. The zero-order valence-electron chi connectivity index (χ0n) is 17.6. The lowest BCUT2D eigenvalue weighted by atomic mass is 10.1. The van der Waals surface area contributed by atoms with E-state index < -0.39 is 17.1 Å². The van der Waals surface area contributed by atoms with Crippen LogP contribution in [0.25, 0.3) is 11.2 Å². The number of rotatable bonds is 3. The van der Waals surface area contributed by atoms with Gasteiger partial charge in [0.1, 0.15) is 5.82 Å². The fourth-order valence-electron chi connectivity index (χ4n) is 4.28. The number of anilines is 2. The van der Waals surface area contributed by atoms with Crippen LogP contribution < -0.4 is 16.1 Å². The van der Waals surface area contributed by atoms with Crippen LogP contribution in [0.4, 0.5) is 16.0 Å². The van der Waals surface area contributed by atoms with Crippen molar-refractivity contribution in [3.63, 3.8) is 0 Å². The first-order valence-corrected chi connectivity index (χ1v) is 11.1. The Hall–Kier alpha value is -3.20. The lowest BCUT2D eigenvalue weighted by Gasteiger charge is -2.33. The van der Waals surface area contributed by atoms with E-state index >= 15 is 0 Å². The summed E-state index contributed by atoms with van der Waals surface area (Å²) in [6.07, 6.45) is 0. The lowest BCUT2D eigenvalue weighted by Crippen LogP contribution is -2.40. The van der Waals surface area contributed by atoms with Crippen molar-refractivity contribution in [3.8, 4) is 0 Å². The molecule has 32 heavy (non-hydrogen) atoms. The predicted molar refractivity (Wildman–Crippen MR) is 125 cm³/mol. The van der Waals surface area contributed by atoms with Crippen molar-refractivity contribution in [3.05, 3.63) is 85.2 Å². The van der Waals surface area contributed by atoms with E-state index in [9.17, 15) is 14.0 Å². The normalized spacial score (nSPS) is 15.9. The third kappa shape index (κ3) is 3.28. The molecule has 0 unspecified atom stereocenters. The summed E-state index contributed by atoms with van der Waals surface area (Å²) >= 11 is 3.46. The summed E-state index contributed by atoms with van der Waals surface area (Å²) in [6.45, 7) is 3.31. The molecule has 164 valence electrons. The Morgan fingerprint density at radius 1 is 1.09 bits per heavy atom. The zero-order valence-corrected chi connectivity index (χ0v) is 19.2. The van der Waals surface area contributed by atoms with Crippen molar-refractivity contribution >= 4 is 38.7 Å². The van der Waals surface area contributed by atoms with Gasteiger partial charge >= 0.3 is 5.69 Å². The van der Waals surface area contributed by atoms with Crippen LogP contribution in [0.5, 0.6) is 0 Å². The minimum atomic E-state index is -0.524. The van der Waals surface area contributed by atoms with E-state index in [1.165, 1.54) is 10.6 Å². The van der Waals surface area contributed by atoms with Gasteiger partial charge in [-0.3, -0.25) is 13.9 Å². The smallest absolute Gasteiger partial charge is 0.312 e. The van der Waals surface area contributed by atoms with Gasteiger partial charge in [-0.25, -0.2) is 9.18 Å². The highest BCUT2D eigenvalue weighted by Crippen LogP contribution is 2.33. The number of nitrogens with zero attached hydrogens (tertiary/aromatic N) is 5. The molecule has 5 rings (SSSR count). The molecule has 0 amide bonds. The molecular formula is C23H21BrFN5O2. The van der Waals surface area contributed by atoms with Crippen molar-refractivity contribution in [2.75, 3.05) is 11.4 Å². The Labute approximate surface area is 191 Å². The van der Waals surface area contributed by atoms with Crippen molar-refractivity contribution in [2.24, 2.45) is 13.0 Å². The highest BCUT2D eigenvalue weighted by atomic mass is 79.9. The quantitative estimate of drug-likeness (QED) is 0.433. The standard InChI is InChI=1S/C23H21BrFN5O2/c1-14-11-28(17-9-7-16(24)8-10-17)22-26-20-19(29(22)12-14)21(31)30(23(32)27(20)2)13-15-5-3-4-6-18(15)25/h3-10,14H,11-13H2,1-2H3/t14-/m1/s1. The molecule has 4 aromatic rings. The van der Waals surface area contributed by atoms with Crippen LogP contribution in [-0.2, 0) is 20.1 Å². The Bertz CT molecular complexity index is 1450. The molecule has 7 nitrogen and oxygen atoms in total. The Balaban J connectivity index is 1.73. The van der Waals surface area contributed by atoms with E-state index in [4.69, 9.17) is 4.98 Å². The van der Waals surface area contributed by atoms with Gasteiger partial charge < -0.3 is 9.47 Å². The Morgan fingerprint density at radius 3 is 2.53 bits per heavy atom. The van der Waals surface area contributed by atoms with Crippen molar-refractivity contribution < 1.29 is 4.39 Å². The van der Waals surface area contributed by atoms with Crippen LogP contribution >= 0.6 is 15.9 Å². The van der Waals surface area contributed by atoms with E-state index in [0.717, 1.165) is 21.3 Å². The second-order valence-corrected chi connectivity index (χ2v) is 9.13. The van der Waals surface area contributed by atoms with Gasteiger partial charge in [0.15, 0.2) is 11.2 Å². The van der Waals surface area contributed by atoms with E-state index in [-0.39, 0.29) is 18.0 Å². The highest BCUT2D eigenvalue weighted by Gasteiger charge is 2.30. The molecule has 0 bridgehead atoms. The van der Waals surface area contributed by atoms with Crippen LogP contribution in [0, 0.1) is 11.7 Å². The summed E-state index contributed by atoms with van der Waals surface area (Å²) in [7, 11) is 1.59. The molecule has 1 atom stereocenters. The lowest BCUT2D eigenvalue weighted by molar-refractivity contribution is 0.458. The largest absolute Gasteiger partial charge is 0.332 e. The number of fused-ring (bicyclic) bond motifs is 3. The maximum atomic E-state index is 14.2. The molecule has 0 saturated carbocycles. The highest BCUT2D eigenvalue weighted by molar-refractivity contribution is 9.10. The number of hydrogen-bond donors (Lipinski definition) is 0. The molecule has 2 aromatic heterocycles. The maximum Gasteiger partial charge on any atom is 0.332 e. The molecule has 1 aliphatic heterocycles. The molecule has 0 saturated heterocycles. The van der Waals surface area contributed by atoms with Crippen LogP contribution in [0.15, 0.2) is 62.6 Å². The van der Waals surface area contributed by atoms with Gasteiger partial charge in [-0.2, -0.15) is 4.98 Å². The number of benzene rings is 2. The SMILES string of the molecule is C[C@@H]1CN(c2ccc(Br)cc2)c2nc3c(c(=O)n(Cc4ccccc4F)c(=O)n3C)n2C1. The van der Waals surface area contributed by atoms with E-state index in [2.05, 4.69) is 27.8 Å². The first kappa shape index (κ1) is 20.7. The summed E-state index contributed by atoms with van der Waals surface area (Å²) in [5, 5.41) is 0.